The zero-order valence-corrected chi connectivity index (χ0v) is 15.6. The topological polar surface area (TPSA) is 57.5 Å². The van der Waals surface area contributed by atoms with Gasteiger partial charge in [0.1, 0.15) is 0 Å². The molecule has 2 rings (SSSR count). The fourth-order valence-electron chi connectivity index (χ4n) is 2.42. The Morgan fingerprint density at radius 1 is 1.33 bits per heavy atom. The van der Waals surface area contributed by atoms with Crippen molar-refractivity contribution in [2.24, 2.45) is 12.0 Å². The summed E-state index contributed by atoms with van der Waals surface area (Å²) in [5.74, 6) is 1.66. The molecule has 0 aliphatic heterocycles. The lowest BCUT2D eigenvalue weighted by molar-refractivity contribution is 0.676. The first-order valence-electron chi connectivity index (χ1n) is 7.83. The smallest absolute Gasteiger partial charge is 0.204 e. The molecule has 1 aromatic carbocycles. The highest BCUT2D eigenvalue weighted by molar-refractivity contribution is 6.30. The highest BCUT2D eigenvalue weighted by atomic mass is 35.5. The van der Waals surface area contributed by atoms with Gasteiger partial charge in [-0.3, -0.25) is 4.99 Å². The normalized spacial score (nSPS) is 12.8. The minimum Gasteiger partial charge on any atom is -0.351 e. The first kappa shape index (κ1) is 18.1. The maximum Gasteiger partial charge on any atom is 0.204 e. The maximum absolute atomic E-state index is 5.94. The van der Waals surface area contributed by atoms with Gasteiger partial charge in [0.15, 0.2) is 5.96 Å². The number of aromatic nitrogens is 2. The summed E-state index contributed by atoms with van der Waals surface area (Å²) in [6.07, 6.45) is 1.87. The average molecular weight is 349 g/mol. The van der Waals surface area contributed by atoms with Gasteiger partial charge in [-0.15, -0.1) is 0 Å². The van der Waals surface area contributed by atoms with Crippen LogP contribution in [0.15, 0.2) is 35.5 Å². The van der Waals surface area contributed by atoms with Crippen LogP contribution in [0.3, 0.4) is 0 Å². The van der Waals surface area contributed by atoms with E-state index < -0.39 is 0 Å². The van der Waals surface area contributed by atoms with E-state index in [0.717, 1.165) is 28.2 Å². The van der Waals surface area contributed by atoms with Gasteiger partial charge >= 0.3 is 0 Å². The molecular weight excluding hydrogens is 324 g/mol. The zero-order chi connectivity index (χ0) is 17.7. The van der Waals surface area contributed by atoms with Crippen LogP contribution in [0.4, 0.5) is 5.95 Å². The maximum atomic E-state index is 5.94. The lowest BCUT2D eigenvalue weighted by Gasteiger charge is -2.19. The van der Waals surface area contributed by atoms with Crippen molar-refractivity contribution in [1.29, 1.82) is 0 Å². The van der Waals surface area contributed by atoms with Crippen LogP contribution in [0.2, 0.25) is 5.02 Å². The fourth-order valence-corrected chi connectivity index (χ4v) is 2.55. The molecule has 7 heteroatoms. The number of guanidine groups is 1. The molecule has 0 aliphatic rings. The molecule has 6 nitrogen and oxygen atoms in total. The molecule has 1 atom stereocenters. The number of rotatable bonds is 5. The largest absolute Gasteiger partial charge is 0.351 e. The highest BCUT2D eigenvalue weighted by Gasteiger charge is 2.10. The summed E-state index contributed by atoms with van der Waals surface area (Å²) in [4.78, 5) is 10.7. The molecule has 0 spiro atoms. The first-order chi connectivity index (χ1) is 11.4. The van der Waals surface area contributed by atoms with Crippen molar-refractivity contribution in [2.75, 3.05) is 26.0 Å². The summed E-state index contributed by atoms with van der Waals surface area (Å²) in [5, 5.41) is 7.44. The second-order valence-corrected chi connectivity index (χ2v) is 6.28. The minimum atomic E-state index is 0.123. The van der Waals surface area contributed by atoms with Crippen LogP contribution in [0.1, 0.15) is 24.2 Å². The van der Waals surface area contributed by atoms with E-state index >= 15 is 0 Å². The standard InChI is InChI=1S/C17H25ClN6/c1-12(13-6-8-14(18)9-7-13)22-16(19-2)20-10-15-11-21-17(23(3)4)24(15)5/h6-9,11-12H,10H2,1-5H3,(H2,19,20,22). The molecule has 2 N–H and O–H groups in total. The summed E-state index contributed by atoms with van der Waals surface area (Å²) in [6, 6.07) is 7.93. The molecule has 24 heavy (non-hydrogen) atoms. The van der Waals surface area contributed by atoms with E-state index in [0.29, 0.717) is 6.54 Å². The Labute approximate surface area is 148 Å². The number of halogens is 1. The molecule has 2 aromatic rings. The first-order valence-corrected chi connectivity index (χ1v) is 8.20. The number of aliphatic imine (C=N–C) groups is 1. The third-order valence-electron chi connectivity index (χ3n) is 3.84. The Hall–Kier alpha value is -2.21. The molecule has 0 fully saturated rings. The SMILES string of the molecule is CN=C(NCc1cnc(N(C)C)n1C)NC(C)c1ccc(Cl)cc1. The molecule has 0 aliphatic carbocycles. The molecule has 0 saturated heterocycles. The lowest BCUT2D eigenvalue weighted by atomic mass is 10.1. The van der Waals surface area contributed by atoms with Gasteiger partial charge in [0.05, 0.1) is 24.5 Å². The van der Waals surface area contributed by atoms with Crippen molar-refractivity contribution in [3.63, 3.8) is 0 Å². The molecule has 0 bridgehead atoms. The molecule has 1 heterocycles. The molecule has 0 amide bonds. The van der Waals surface area contributed by atoms with Crippen LogP contribution in [0.25, 0.3) is 0 Å². The molecule has 0 saturated carbocycles. The number of nitrogens with zero attached hydrogens (tertiary/aromatic N) is 4. The molecule has 1 aromatic heterocycles. The van der Waals surface area contributed by atoms with Gasteiger partial charge in [0.2, 0.25) is 5.95 Å². The van der Waals surface area contributed by atoms with Crippen molar-refractivity contribution in [3.05, 3.63) is 46.7 Å². The minimum absolute atomic E-state index is 0.123. The Morgan fingerprint density at radius 3 is 2.54 bits per heavy atom. The average Bonchev–Trinajstić information content (AvgIpc) is 2.93. The van der Waals surface area contributed by atoms with E-state index in [1.807, 2.05) is 56.5 Å². The number of nitrogens with one attached hydrogen (secondary N) is 2. The summed E-state index contributed by atoms with van der Waals surface area (Å²) < 4.78 is 2.06. The number of imidazole rings is 1. The van der Waals surface area contributed by atoms with E-state index in [4.69, 9.17) is 11.6 Å². The van der Waals surface area contributed by atoms with E-state index in [1.54, 1.807) is 7.05 Å². The Bertz CT molecular complexity index is 690. The number of hydrogen-bond donors (Lipinski definition) is 2. The second kappa shape index (κ2) is 8.06. The van der Waals surface area contributed by atoms with Crippen LogP contribution in [-0.4, -0.2) is 36.7 Å². The summed E-state index contributed by atoms with van der Waals surface area (Å²) in [6.45, 7) is 2.73. The van der Waals surface area contributed by atoms with Gasteiger partial charge in [-0.25, -0.2) is 4.98 Å². The predicted molar refractivity (Wildman–Crippen MR) is 101 cm³/mol. The zero-order valence-electron chi connectivity index (χ0n) is 14.8. The number of anilines is 1. The fraction of sp³-hybridized carbons (Fsp3) is 0.412. The van der Waals surface area contributed by atoms with Gasteiger partial charge < -0.3 is 20.1 Å². The molecule has 0 radical (unpaired) electrons. The van der Waals surface area contributed by atoms with E-state index in [9.17, 15) is 0 Å². The predicted octanol–water partition coefficient (Wildman–Crippen LogP) is 2.57. The van der Waals surface area contributed by atoms with Crippen molar-refractivity contribution >= 4 is 23.5 Å². The van der Waals surface area contributed by atoms with Crippen molar-refractivity contribution < 1.29 is 0 Å². The van der Waals surface area contributed by atoms with Crippen molar-refractivity contribution in [2.45, 2.75) is 19.5 Å². The summed E-state index contributed by atoms with van der Waals surface area (Å²) in [7, 11) is 7.73. The van der Waals surface area contributed by atoms with Gasteiger partial charge in [-0.2, -0.15) is 0 Å². The van der Waals surface area contributed by atoms with Crippen molar-refractivity contribution in [3.8, 4) is 0 Å². The van der Waals surface area contributed by atoms with Crippen LogP contribution >= 0.6 is 11.6 Å². The monoisotopic (exact) mass is 348 g/mol. The lowest BCUT2D eigenvalue weighted by Crippen LogP contribution is -2.38. The number of hydrogen-bond acceptors (Lipinski definition) is 3. The van der Waals surface area contributed by atoms with Crippen LogP contribution in [0, 0.1) is 0 Å². The Kier molecular flexibility index (Phi) is 6.09. The molecular formula is C17H25ClN6. The van der Waals surface area contributed by atoms with Crippen molar-refractivity contribution in [1.82, 2.24) is 20.2 Å². The third kappa shape index (κ3) is 4.41. The van der Waals surface area contributed by atoms with Crippen LogP contribution < -0.4 is 15.5 Å². The Morgan fingerprint density at radius 2 is 2.00 bits per heavy atom. The van der Waals surface area contributed by atoms with E-state index in [1.165, 1.54) is 0 Å². The third-order valence-corrected chi connectivity index (χ3v) is 4.10. The summed E-state index contributed by atoms with van der Waals surface area (Å²) in [5.41, 5.74) is 2.23. The Balaban J connectivity index is 1.96. The van der Waals surface area contributed by atoms with E-state index in [-0.39, 0.29) is 6.04 Å². The number of benzene rings is 1. The van der Waals surface area contributed by atoms with Crippen LogP contribution in [0.5, 0.6) is 0 Å². The van der Waals surface area contributed by atoms with Crippen LogP contribution in [-0.2, 0) is 13.6 Å². The van der Waals surface area contributed by atoms with E-state index in [2.05, 4.69) is 32.1 Å². The van der Waals surface area contributed by atoms with Gasteiger partial charge in [0.25, 0.3) is 0 Å². The van der Waals surface area contributed by atoms with Gasteiger partial charge in [0, 0.05) is 33.2 Å². The molecule has 130 valence electrons. The van der Waals surface area contributed by atoms with Gasteiger partial charge in [-0.1, -0.05) is 23.7 Å². The summed E-state index contributed by atoms with van der Waals surface area (Å²) >= 11 is 5.94. The quantitative estimate of drug-likeness (QED) is 0.644. The molecule has 1 unspecified atom stereocenters. The van der Waals surface area contributed by atoms with Gasteiger partial charge in [-0.05, 0) is 24.6 Å². The highest BCUT2D eigenvalue weighted by Crippen LogP contribution is 2.16. The second-order valence-electron chi connectivity index (χ2n) is 5.85.